The molecule has 0 bridgehead atoms. The summed E-state index contributed by atoms with van der Waals surface area (Å²) in [5.74, 6) is -1.85. The number of rotatable bonds is 5. The molecule has 96 valence electrons. The van der Waals surface area contributed by atoms with Crippen LogP contribution in [0.3, 0.4) is 0 Å². The normalized spacial score (nSPS) is 13.6. The second kappa shape index (κ2) is 5.66. The van der Waals surface area contributed by atoms with E-state index in [0.717, 1.165) is 11.3 Å². The number of hydrogen-bond acceptors (Lipinski definition) is 4. The summed E-state index contributed by atoms with van der Waals surface area (Å²) in [5, 5.41) is 8.94. The standard InChI is InChI=1S/C8H9BrClNO4S2/c1-4(8(12)13)3-11-17(14,15)6-2-5(10)7(9)16-6/h2,4,11H,3H2,1H3,(H,12,13). The van der Waals surface area contributed by atoms with Crippen LogP contribution in [-0.4, -0.2) is 26.0 Å². The maximum Gasteiger partial charge on any atom is 0.307 e. The Hall–Kier alpha value is -0.150. The van der Waals surface area contributed by atoms with Crippen molar-refractivity contribution in [3.05, 3.63) is 14.9 Å². The van der Waals surface area contributed by atoms with Gasteiger partial charge in [0.1, 0.15) is 4.21 Å². The number of thiophene rings is 1. The number of carbonyl (C=O) groups is 1. The highest BCUT2D eigenvalue weighted by molar-refractivity contribution is 9.11. The lowest BCUT2D eigenvalue weighted by molar-refractivity contribution is -0.140. The molecule has 17 heavy (non-hydrogen) atoms. The highest BCUT2D eigenvalue weighted by atomic mass is 79.9. The summed E-state index contributed by atoms with van der Waals surface area (Å²) in [4.78, 5) is 10.6. The molecule has 0 aliphatic carbocycles. The van der Waals surface area contributed by atoms with Gasteiger partial charge in [0.2, 0.25) is 10.0 Å². The predicted octanol–water partition coefficient (Wildman–Crippen LogP) is 2.16. The SMILES string of the molecule is CC(CNS(=O)(=O)c1cc(Cl)c(Br)s1)C(=O)O. The number of halogens is 2. The van der Waals surface area contributed by atoms with E-state index in [1.807, 2.05) is 0 Å². The average Bonchev–Trinajstić information content (AvgIpc) is 2.56. The molecular formula is C8H9BrClNO4S2. The Labute approximate surface area is 116 Å². The summed E-state index contributed by atoms with van der Waals surface area (Å²) in [6, 6.07) is 1.31. The van der Waals surface area contributed by atoms with E-state index < -0.39 is 21.9 Å². The fraction of sp³-hybridized carbons (Fsp3) is 0.375. The van der Waals surface area contributed by atoms with E-state index in [1.54, 1.807) is 0 Å². The third kappa shape index (κ3) is 3.92. The average molecular weight is 363 g/mol. The molecule has 1 aromatic rings. The first-order valence-electron chi connectivity index (χ1n) is 4.41. The lowest BCUT2D eigenvalue weighted by atomic mass is 10.2. The molecule has 0 spiro atoms. The number of carboxylic acids is 1. The van der Waals surface area contributed by atoms with E-state index in [0.29, 0.717) is 8.81 Å². The summed E-state index contributed by atoms with van der Waals surface area (Å²) in [6.07, 6.45) is 0. The molecule has 0 saturated heterocycles. The van der Waals surface area contributed by atoms with Crippen LogP contribution in [0, 0.1) is 5.92 Å². The first kappa shape index (κ1) is 14.9. The van der Waals surface area contributed by atoms with Gasteiger partial charge in [-0.05, 0) is 22.0 Å². The Kier molecular flexibility index (Phi) is 4.96. The zero-order valence-corrected chi connectivity index (χ0v) is 12.6. The van der Waals surface area contributed by atoms with E-state index in [4.69, 9.17) is 16.7 Å². The maximum atomic E-state index is 11.8. The first-order valence-corrected chi connectivity index (χ1v) is 7.88. The van der Waals surface area contributed by atoms with Crippen LogP contribution in [0.2, 0.25) is 5.02 Å². The van der Waals surface area contributed by atoms with Crippen molar-refractivity contribution in [1.82, 2.24) is 4.72 Å². The maximum absolute atomic E-state index is 11.8. The molecule has 5 nitrogen and oxygen atoms in total. The Morgan fingerprint density at radius 1 is 1.71 bits per heavy atom. The summed E-state index contributed by atoms with van der Waals surface area (Å²) in [7, 11) is -3.70. The largest absolute Gasteiger partial charge is 0.481 e. The van der Waals surface area contributed by atoms with Crippen molar-refractivity contribution in [3.8, 4) is 0 Å². The van der Waals surface area contributed by atoms with Gasteiger partial charge in [0.05, 0.1) is 14.7 Å². The molecule has 0 amide bonds. The van der Waals surface area contributed by atoms with E-state index in [2.05, 4.69) is 20.7 Å². The molecule has 0 saturated carbocycles. The van der Waals surface area contributed by atoms with Crippen LogP contribution in [0.4, 0.5) is 0 Å². The van der Waals surface area contributed by atoms with Crippen LogP contribution >= 0.6 is 38.9 Å². The molecule has 0 aliphatic heterocycles. The molecule has 1 aromatic heterocycles. The Morgan fingerprint density at radius 2 is 2.29 bits per heavy atom. The van der Waals surface area contributed by atoms with E-state index in [1.165, 1.54) is 13.0 Å². The minimum Gasteiger partial charge on any atom is -0.481 e. The Bertz CT molecular complexity index is 508. The molecule has 0 aliphatic rings. The Morgan fingerprint density at radius 3 is 2.71 bits per heavy atom. The number of hydrogen-bond donors (Lipinski definition) is 2. The van der Waals surface area contributed by atoms with Gasteiger partial charge in [-0.1, -0.05) is 18.5 Å². The van der Waals surface area contributed by atoms with Crippen LogP contribution in [0.5, 0.6) is 0 Å². The van der Waals surface area contributed by atoms with Gasteiger partial charge in [-0.15, -0.1) is 11.3 Å². The van der Waals surface area contributed by atoms with E-state index >= 15 is 0 Å². The van der Waals surface area contributed by atoms with Gasteiger partial charge < -0.3 is 5.11 Å². The van der Waals surface area contributed by atoms with Gasteiger partial charge in [0.15, 0.2) is 0 Å². The lowest BCUT2D eigenvalue weighted by Gasteiger charge is -2.07. The van der Waals surface area contributed by atoms with Crippen molar-refractivity contribution in [2.45, 2.75) is 11.1 Å². The van der Waals surface area contributed by atoms with Gasteiger partial charge in [-0.25, -0.2) is 13.1 Å². The first-order chi connectivity index (χ1) is 7.74. The lowest BCUT2D eigenvalue weighted by Crippen LogP contribution is -2.31. The second-order valence-corrected chi connectivity index (χ2v) is 8.05. The molecule has 1 rings (SSSR count). The number of sulfonamides is 1. The van der Waals surface area contributed by atoms with Gasteiger partial charge in [-0.2, -0.15) is 0 Å². The topological polar surface area (TPSA) is 83.5 Å². The second-order valence-electron chi connectivity index (χ2n) is 3.28. The van der Waals surface area contributed by atoms with Crippen molar-refractivity contribution in [2.24, 2.45) is 5.92 Å². The smallest absolute Gasteiger partial charge is 0.307 e. The predicted molar refractivity (Wildman–Crippen MR) is 69.0 cm³/mol. The molecule has 1 heterocycles. The number of carboxylic acid groups (broad SMARTS) is 1. The van der Waals surface area contributed by atoms with Crippen molar-refractivity contribution in [3.63, 3.8) is 0 Å². The minimum atomic E-state index is -3.70. The van der Waals surface area contributed by atoms with E-state index in [9.17, 15) is 13.2 Å². The molecular weight excluding hydrogens is 354 g/mol. The quantitative estimate of drug-likeness (QED) is 0.841. The monoisotopic (exact) mass is 361 g/mol. The molecule has 1 atom stereocenters. The fourth-order valence-electron chi connectivity index (χ4n) is 0.852. The zero-order valence-electron chi connectivity index (χ0n) is 8.61. The summed E-state index contributed by atoms with van der Waals surface area (Å²) >= 11 is 9.81. The van der Waals surface area contributed by atoms with Crippen molar-refractivity contribution < 1.29 is 18.3 Å². The van der Waals surface area contributed by atoms with Crippen LogP contribution in [0.25, 0.3) is 0 Å². The highest BCUT2D eigenvalue weighted by Gasteiger charge is 2.21. The van der Waals surface area contributed by atoms with Gasteiger partial charge in [-0.3, -0.25) is 4.79 Å². The fourth-order valence-corrected chi connectivity index (χ4v) is 4.43. The number of aliphatic carboxylic acids is 1. The summed E-state index contributed by atoms with van der Waals surface area (Å²) in [5.41, 5.74) is 0. The van der Waals surface area contributed by atoms with Crippen LogP contribution in [-0.2, 0) is 14.8 Å². The van der Waals surface area contributed by atoms with E-state index in [-0.39, 0.29) is 10.8 Å². The summed E-state index contributed by atoms with van der Waals surface area (Å²) in [6.45, 7) is 1.26. The van der Waals surface area contributed by atoms with Gasteiger partial charge >= 0.3 is 5.97 Å². The molecule has 9 heteroatoms. The number of nitrogens with one attached hydrogen (secondary N) is 1. The van der Waals surface area contributed by atoms with Crippen LogP contribution < -0.4 is 4.72 Å². The van der Waals surface area contributed by atoms with Crippen molar-refractivity contribution in [2.75, 3.05) is 6.54 Å². The molecule has 0 fully saturated rings. The van der Waals surface area contributed by atoms with Gasteiger partial charge in [0.25, 0.3) is 0 Å². The third-order valence-corrected chi connectivity index (χ3v) is 6.26. The van der Waals surface area contributed by atoms with Crippen LogP contribution in [0.1, 0.15) is 6.92 Å². The van der Waals surface area contributed by atoms with Gasteiger partial charge in [0, 0.05) is 6.54 Å². The molecule has 0 aromatic carbocycles. The van der Waals surface area contributed by atoms with Crippen LogP contribution in [0.15, 0.2) is 14.1 Å². The highest BCUT2D eigenvalue weighted by Crippen LogP contribution is 2.34. The molecule has 2 N–H and O–H groups in total. The van der Waals surface area contributed by atoms with Crippen molar-refractivity contribution in [1.29, 1.82) is 0 Å². The zero-order chi connectivity index (χ0) is 13.2. The Balaban J connectivity index is 2.79. The minimum absolute atomic E-state index is 0.0481. The molecule has 0 radical (unpaired) electrons. The van der Waals surface area contributed by atoms with Crippen molar-refractivity contribution >= 4 is 54.9 Å². The summed E-state index contributed by atoms with van der Waals surface area (Å²) < 4.78 is 26.3. The third-order valence-electron chi connectivity index (χ3n) is 1.89. The molecule has 1 unspecified atom stereocenters.